The normalized spacial score (nSPS) is 10.1. The average molecular weight is 350 g/mol. The number of pyridine rings is 1. The molecule has 0 aliphatic heterocycles. The molecular formula is C14H12BrN3OS. The summed E-state index contributed by atoms with van der Waals surface area (Å²) in [7, 11) is 0. The molecule has 0 fully saturated rings. The fourth-order valence-electron chi connectivity index (χ4n) is 1.55. The Morgan fingerprint density at radius 1 is 1.25 bits per heavy atom. The number of carbonyl (C=O) groups is 1. The van der Waals surface area contributed by atoms with Gasteiger partial charge in [-0.2, -0.15) is 0 Å². The van der Waals surface area contributed by atoms with E-state index in [0.717, 1.165) is 10.0 Å². The average Bonchev–Trinajstić information content (AvgIpc) is 2.46. The summed E-state index contributed by atoms with van der Waals surface area (Å²) in [4.78, 5) is 16.2. The lowest BCUT2D eigenvalue weighted by molar-refractivity contribution is 0.0946. The molecule has 0 saturated heterocycles. The van der Waals surface area contributed by atoms with Gasteiger partial charge in [0.1, 0.15) is 10.7 Å². The van der Waals surface area contributed by atoms with Crippen molar-refractivity contribution in [3.63, 3.8) is 0 Å². The molecule has 0 atom stereocenters. The summed E-state index contributed by atoms with van der Waals surface area (Å²) >= 11 is 8.19. The number of thiocarbonyl (C=S) groups is 1. The van der Waals surface area contributed by atoms with Crippen molar-refractivity contribution in [2.75, 3.05) is 0 Å². The van der Waals surface area contributed by atoms with E-state index in [9.17, 15) is 4.79 Å². The Hall–Kier alpha value is -1.79. The third-order valence-electron chi connectivity index (χ3n) is 2.65. The molecule has 1 heterocycles. The molecule has 6 heteroatoms. The van der Waals surface area contributed by atoms with Gasteiger partial charge < -0.3 is 11.1 Å². The lowest BCUT2D eigenvalue weighted by Gasteiger charge is -2.05. The van der Waals surface area contributed by atoms with E-state index in [-0.39, 0.29) is 10.9 Å². The summed E-state index contributed by atoms with van der Waals surface area (Å²) in [5, 5.41) is 2.80. The lowest BCUT2D eigenvalue weighted by atomic mass is 10.2. The largest absolute Gasteiger partial charge is 0.389 e. The van der Waals surface area contributed by atoms with E-state index in [0.29, 0.717) is 17.8 Å². The fourth-order valence-corrected chi connectivity index (χ4v) is 1.93. The SMILES string of the molecule is NC(=S)c1ccc(C(=O)NCc2ccc(Br)cc2)nc1. The number of hydrogen-bond acceptors (Lipinski definition) is 3. The highest BCUT2D eigenvalue weighted by atomic mass is 79.9. The predicted molar refractivity (Wildman–Crippen MR) is 85.4 cm³/mol. The molecule has 0 spiro atoms. The molecule has 4 nitrogen and oxygen atoms in total. The molecule has 3 N–H and O–H groups in total. The van der Waals surface area contributed by atoms with Gasteiger partial charge in [0.05, 0.1) is 0 Å². The minimum Gasteiger partial charge on any atom is -0.389 e. The van der Waals surface area contributed by atoms with Gasteiger partial charge in [-0.1, -0.05) is 40.3 Å². The van der Waals surface area contributed by atoms with Crippen LogP contribution in [0.4, 0.5) is 0 Å². The second-order valence-electron chi connectivity index (χ2n) is 4.11. The van der Waals surface area contributed by atoms with Gasteiger partial charge >= 0.3 is 0 Å². The van der Waals surface area contributed by atoms with Crippen molar-refractivity contribution in [1.29, 1.82) is 0 Å². The van der Waals surface area contributed by atoms with Gasteiger partial charge in [0, 0.05) is 22.8 Å². The Morgan fingerprint density at radius 2 is 1.95 bits per heavy atom. The van der Waals surface area contributed by atoms with Crippen LogP contribution in [0.5, 0.6) is 0 Å². The van der Waals surface area contributed by atoms with Crippen molar-refractivity contribution in [2.45, 2.75) is 6.54 Å². The Balaban J connectivity index is 1.97. The Bertz CT molecular complexity index is 626. The first-order valence-electron chi connectivity index (χ1n) is 5.85. The summed E-state index contributed by atoms with van der Waals surface area (Å²) in [6, 6.07) is 11.0. The summed E-state index contributed by atoms with van der Waals surface area (Å²) in [6.45, 7) is 0.449. The predicted octanol–water partition coefficient (Wildman–Crippen LogP) is 2.41. The molecule has 0 unspecified atom stereocenters. The van der Waals surface area contributed by atoms with Gasteiger partial charge in [-0.25, -0.2) is 0 Å². The molecule has 0 saturated carbocycles. The van der Waals surface area contributed by atoms with Crippen LogP contribution in [0.1, 0.15) is 21.6 Å². The number of aromatic nitrogens is 1. The zero-order valence-electron chi connectivity index (χ0n) is 10.5. The van der Waals surface area contributed by atoms with Crippen molar-refractivity contribution < 1.29 is 4.79 Å². The zero-order valence-corrected chi connectivity index (χ0v) is 12.9. The molecule has 1 aromatic carbocycles. The van der Waals surface area contributed by atoms with Crippen molar-refractivity contribution in [2.24, 2.45) is 5.73 Å². The van der Waals surface area contributed by atoms with E-state index in [4.69, 9.17) is 18.0 Å². The minimum atomic E-state index is -0.234. The molecule has 0 aliphatic rings. The Morgan fingerprint density at radius 3 is 2.50 bits per heavy atom. The van der Waals surface area contributed by atoms with E-state index in [2.05, 4.69) is 26.2 Å². The van der Waals surface area contributed by atoms with Gasteiger partial charge in [0.15, 0.2) is 0 Å². The lowest BCUT2D eigenvalue weighted by Crippen LogP contribution is -2.24. The summed E-state index contributed by atoms with van der Waals surface area (Å²) in [5.41, 5.74) is 7.47. The quantitative estimate of drug-likeness (QED) is 0.831. The highest BCUT2D eigenvalue weighted by Gasteiger charge is 2.07. The van der Waals surface area contributed by atoms with Crippen LogP contribution >= 0.6 is 28.1 Å². The molecule has 1 aromatic heterocycles. The van der Waals surface area contributed by atoms with Crippen LogP contribution in [-0.4, -0.2) is 15.9 Å². The monoisotopic (exact) mass is 349 g/mol. The molecule has 1 amide bonds. The molecule has 0 bridgehead atoms. The van der Waals surface area contributed by atoms with Crippen LogP contribution in [0.3, 0.4) is 0 Å². The van der Waals surface area contributed by atoms with Crippen LogP contribution in [-0.2, 0) is 6.54 Å². The van der Waals surface area contributed by atoms with Crippen molar-refractivity contribution in [3.05, 3.63) is 63.9 Å². The summed E-state index contributed by atoms with van der Waals surface area (Å²) in [5.74, 6) is -0.234. The number of hydrogen-bond donors (Lipinski definition) is 2. The maximum absolute atomic E-state index is 11.9. The third-order valence-corrected chi connectivity index (χ3v) is 3.41. The zero-order chi connectivity index (χ0) is 14.5. The van der Waals surface area contributed by atoms with Crippen molar-refractivity contribution >= 4 is 39.0 Å². The first-order chi connectivity index (χ1) is 9.56. The maximum atomic E-state index is 11.9. The molecule has 0 radical (unpaired) electrons. The number of amides is 1. The van der Waals surface area contributed by atoms with Gasteiger partial charge in [-0.3, -0.25) is 9.78 Å². The number of carbonyl (C=O) groups excluding carboxylic acids is 1. The highest BCUT2D eigenvalue weighted by molar-refractivity contribution is 9.10. The van der Waals surface area contributed by atoms with Gasteiger partial charge in [-0.15, -0.1) is 0 Å². The van der Waals surface area contributed by atoms with Crippen LogP contribution in [0, 0.1) is 0 Å². The topological polar surface area (TPSA) is 68.0 Å². The second-order valence-corrected chi connectivity index (χ2v) is 5.46. The van der Waals surface area contributed by atoms with Crippen LogP contribution in [0.25, 0.3) is 0 Å². The minimum absolute atomic E-state index is 0.234. The smallest absolute Gasteiger partial charge is 0.270 e. The number of nitrogens with one attached hydrogen (secondary N) is 1. The van der Waals surface area contributed by atoms with E-state index in [1.54, 1.807) is 12.1 Å². The molecule has 20 heavy (non-hydrogen) atoms. The molecule has 2 rings (SSSR count). The van der Waals surface area contributed by atoms with Crippen molar-refractivity contribution in [3.8, 4) is 0 Å². The summed E-state index contributed by atoms with van der Waals surface area (Å²) in [6.07, 6.45) is 1.50. The van der Waals surface area contributed by atoms with Gasteiger partial charge in [0.25, 0.3) is 5.91 Å². The van der Waals surface area contributed by atoms with Gasteiger partial charge in [0.2, 0.25) is 0 Å². The Kier molecular flexibility index (Phi) is 4.81. The number of halogens is 1. The van der Waals surface area contributed by atoms with E-state index < -0.39 is 0 Å². The third kappa shape index (κ3) is 3.85. The van der Waals surface area contributed by atoms with E-state index in [1.807, 2.05) is 24.3 Å². The first kappa shape index (κ1) is 14.6. The summed E-state index contributed by atoms with van der Waals surface area (Å²) < 4.78 is 1.00. The first-order valence-corrected chi connectivity index (χ1v) is 7.05. The number of benzene rings is 1. The van der Waals surface area contributed by atoms with Crippen LogP contribution < -0.4 is 11.1 Å². The van der Waals surface area contributed by atoms with Crippen LogP contribution in [0.15, 0.2) is 47.1 Å². The molecule has 2 aromatic rings. The van der Waals surface area contributed by atoms with E-state index in [1.165, 1.54) is 6.20 Å². The highest BCUT2D eigenvalue weighted by Crippen LogP contribution is 2.10. The molecule has 0 aliphatic carbocycles. The number of nitrogens with two attached hydrogens (primary N) is 1. The van der Waals surface area contributed by atoms with Gasteiger partial charge in [-0.05, 0) is 29.8 Å². The molecule has 102 valence electrons. The number of rotatable bonds is 4. The second kappa shape index (κ2) is 6.58. The molecular weight excluding hydrogens is 338 g/mol. The maximum Gasteiger partial charge on any atom is 0.270 e. The van der Waals surface area contributed by atoms with Crippen molar-refractivity contribution in [1.82, 2.24) is 10.3 Å². The number of nitrogens with zero attached hydrogens (tertiary/aromatic N) is 1. The van der Waals surface area contributed by atoms with E-state index >= 15 is 0 Å². The Labute approximate surface area is 130 Å². The standard InChI is InChI=1S/C14H12BrN3OS/c15-11-4-1-9(2-5-11)7-18-14(19)12-6-3-10(8-17-12)13(16)20/h1-6,8H,7H2,(H2,16,20)(H,18,19). The fraction of sp³-hybridized carbons (Fsp3) is 0.0714. The van der Waals surface area contributed by atoms with Crippen LogP contribution in [0.2, 0.25) is 0 Å².